The fourth-order valence-corrected chi connectivity index (χ4v) is 5.52. The Morgan fingerprint density at radius 1 is 0.852 bits per heavy atom. The molecule has 0 unspecified atom stereocenters. The number of hydrogen-bond acceptors (Lipinski definition) is 8. The predicted molar refractivity (Wildman–Crippen MR) is 213 cm³/mol. The van der Waals surface area contributed by atoms with Crippen molar-refractivity contribution >= 4 is 28.9 Å². The first-order valence-corrected chi connectivity index (χ1v) is 17.8. The number of carbonyl (C=O) groups is 2. The maximum atomic E-state index is 13.0. The van der Waals surface area contributed by atoms with E-state index in [1.807, 2.05) is 97.3 Å². The van der Waals surface area contributed by atoms with Crippen molar-refractivity contribution in [2.75, 3.05) is 12.8 Å². The van der Waals surface area contributed by atoms with Gasteiger partial charge in [-0.25, -0.2) is 19.6 Å². The summed E-state index contributed by atoms with van der Waals surface area (Å²) in [7, 11) is 1.29. The van der Waals surface area contributed by atoms with Gasteiger partial charge in [-0.15, -0.1) is 0 Å². The summed E-state index contributed by atoms with van der Waals surface area (Å²) in [6.07, 6.45) is 2.84. The van der Waals surface area contributed by atoms with Gasteiger partial charge in [-0.3, -0.25) is 24.0 Å². The van der Waals surface area contributed by atoms with Gasteiger partial charge in [-0.05, 0) is 66.2 Å². The van der Waals surface area contributed by atoms with Crippen LogP contribution in [0.5, 0.6) is 0 Å². The van der Waals surface area contributed by atoms with E-state index >= 15 is 0 Å². The molecule has 276 valence electrons. The number of nitrogens with zero attached hydrogens (tertiary/aromatic N) is 5. The Bertz CT molecular complexity index is 2380. The number of amides is 1. The van der Waals surface area contributed by atoms with Crippen molar-refractivity contribution in [3.05, 3.63) is 143 Å². The molecule has 0 spiro atoms. The van der Waals surface area contributed by atoms with Crippen LogP contribution in [-0.2, 0) is 22.5 Å². The maximum absolute atomic E-state index is 13.0. The summed E-state index contributed by atoms with van der Waals surface area (Å²) in [5.74, 6) is 0.245. The van der Waals surface area contributed by atoms with Crippen LogP contribution < -0.4 is 16.6 Å². The molecular weight excluding hydrogens is 681 g/mol. The van der Waals surface area contributed by atoms with Gasteiger partial charge in [-0.2, -0.15) is 0 Å². The number of H-pyrrole nitrogens is 1. The molecule has 12 heteroatoms. The van der Waals surface area contributed by atoms with E-state index in [-0.39, 0.29) is 24.4 Å². The van der Waals surface area contributed by atoms with Gasteiger partial charge in [0.25, 0.3) is 11.5 Å². The minimum Gasteiger partial charge on any atom is -0.469 e. The van der Waals surface area contributed by atoms with Crippen molar-refractivity contribution in [2.24, 2.45) is 0 Å². The average Bonchev–Trinajstić information content (AvgIpc) is 3.78. The van der Waals surface area contributed by atoms with E-state index in [0.717, 1.165) is 22.5 Å². The Kier molecular flexibility index (Phi) is 12.9. The number of imidazole rings is 1. The Morgan fingerprint density at radius 2 is 1.54 bits per heavy atom. The van der Waals surface area contributed by atoms with E-state index in [1.165, 1.54) is 24.3 Å². The molecule has 0 saturated heterocycles. The first-order chi connectivity index (χ1) is 26.3. The highest BCUT2D eigenvalue weighted by atomic mass is 16.5. The van der Waals surface area contributed by atoms with Crippen molar-refractivity contribution < 1.29 is 14.3 Å². The van der Waals surface area contributed by atoms with Gasteiger partial charge in [0.05, 0.1) is 30.5 Å². The second kappa shape index (κ2) is 18.1. The highest BCUT2D eigenvalue weighted by molar-refractivity contribution is 5.94. The summed E-state index contributed by atoms with van der Waals surface area (Å²) in [4.78, 5) is 51.2. The van der Waals surface area contributed by atoms with E-state index in [2.05, 4.69) is 34.0 Å². The molecule has 54 heavy (non-hydrogen) atoms. The van der Waals surface area contributed by atoms with Gasteiger partial charge in [0, 0.05) is 41.3 Å². The molecule has 12 nitrogen and oxygen atoms in total. The number of benzene rings is 3. The van der Waals surface area contributed by atoms with Crippen LogP contribution >= 0.6 is 0 Å². The van der Waals surface area contributed by atoms with Crippen LogP contribution in [0.3, 0.4) is 0 Å². The molecule has 4 heterocycles. The lowest BCUT2D eigenvalue weighted by atomic mass is 10.1. The lowest BCUT2D eigenvalue weighted by molar-refractivity contribution is -0.139. The Labute approximate surface area is 313 Å². The zero-order valence-electron chi connectivity index (χ0n) is 31.0. The number of aromatic amines is 1. The minimum atomic E-state index is -0.459. The molecule has 0 aliphatic carbocycles. The quantitative estimate of drug-likeness (QED) is 0.131. The number of pyridine rings is 2. The Hall–Kier alpha value is -6.82. The lowest BCUT2D eigenvalue weighted by Crippen LogP contribution is -2.23. The van der Waals surface area contributed by atoms with Crippen molar-refractivity contribution in [1.29, 1.82) is 0 Å². The fourth-order valence-electron chi connectivity index (χ4n) is 5.52. The number of ether oxygens (including phenoxy) is 1. The van der Waals surface area contributed by atoms with Crippen LogP contribution in [0.2, 0.25) is 0 Å². The largest absolute Gasteiger partial charge is 0.469 e. The highest BCUT2D eigenvalue weighted by Crippen LogP contribution is 2.31. The van der Waals surface area contributed by atoms with Crippen LogP contribution in [0.1, 0.15) is 55.7 Å². The van der Waals surface area contributed by atoms with Gasteiger partial charge in [0.2, 0.25) is 0 Å². The van der Waals surface area contributed by atoms with Gasteiger partial charge >= 0.3 is 5.97 Å². The number of nitrogens with one attached hydrogen (secondary N) is 2. The molecule has 3 aromatic carbocycles. The summed E-state index contributed by atoms with van der Waals surface area (Å²) < 4.78 is 7.93. The molecule has 0 bridgehead atoms. The summed E-state index contributed by atoms with van der Waals surface area (Å²) in [6.45, 7) is 8.54. The standard InChI is InChI=1S/C37H30N8O4.C3H8.C2H6/c1-49-33(47)21-26-20-32(46)45(43-26)28-15-11-25(12-16-28)37(48)40-22-23-9-13-27(14-10-23)44-35(29-8-5-19-39-34(29)38)42-31-18-17-30(41-36(31)44)24-6-3-2-4-7-24;1-3-2;1-2/h2-20,43H,21-22H2,1H3,(H2,38,39)(H,40,48);3H2,1-2H3;1-2H3. The van der Waals surface area contributed by atoms with Crippen LogP contribution in [-0.4, -0.2) is 48.3 Å². The molecule has 4 aromatic heterocycles. The monoisotopic (exact) mass is 724 g/mol. The fraction of sp³-hybridized carbons (Fsp3) is 0.190. The number of fused-ring (bicyclic) bond motifs is 1. The Balaban J connectivity index is 0.00000107. The normalized spacial score (nSPS) is 10.5. The van der Waals surface area contributed by atoms with E-state index in [4.69, 9.17) is 15.7 Å². The summed E-state index contributed by atoms with van der Waals surface area (Å²) in [5.41, 5.74) is 12.9. The average molecular weight is 725 g/mol. The zero-order valence-corrected chi connectivity index (χ0v) is 31.0. The molecule has 0 aliphatic heterocycles. The van der Waals surface area contributed by atoms with E-state index < -0.39 is 5.97 Å². The van der Waals surface area contributed by atoms with Crippen LogP contribution in [0.25, 0.3) is 45.2 Å². The van der Waals surface area contributed by atoms with Gasteiger partial charge in [0.15, 0.2) is 11.5 Å². The molecule has 0 radical (unpaired) electrons. The van der Waals surface area contributed by atoms with Gasteiger partial charge in [-0.1, -0.05) is 76.6 Å². The van der Waals surface area contributed by atoms with Crippen molar-refractivity contribution in [3.8, 4) is 34.0 Å². The third kappa shape index (κ3) is 8.79. The number of esters is 1. The summed E-state index contributed by atoms with van der Waals surface area (Å²) in [5, 5.41) is 5.84. The molecule has 0 fully saturated rings. The number of nitrogen functional groups attached to an aromatic ring is 1. The first-order valence-electron chi connectivity index (χ1n) is 17.8. The summed E-state index contributed by atoms with van der Waals surface area (Å²) in [6, 6.07) is 33.2. The van der Waals surface area contributed by atoms with Gasteiger partial charge < -0.3 is 15.8 Å². The highest BCUT2D eigenvalue weighted by Gasteiger charge is 2.19. The van der Waals surface area contributed by atoms with Crippen molar-refractivity contribution in [2.45, 2.75) is 47.1 Å². The number of anilines is 1. The van der Waals surface area contributed by atoms with E-state index in [1.54, 1.807) is 30.5 Å². The number of carbonyl (C=O) groups excluding carboxylic acids is 2. The minimum absolute atomic E-state index is 0.0501. The molecule has 0 atom stereocenters. The molecular formula is C42H44N8O4. The second-order valence-electron chi connectivity index (χ2n) is 11.9. The van der Waals surface area contributed by atoms with Crippen LogP contribution in [0, 0.1) is 0 Å². The molecule has 4 N–H and O–H groups in total. The number of rotatable bonds is 9. The third-order valence-electron chi connectivity index (χ3n) is 8.02. The smallest absolute Gasteiger partial charge is 0.311 e. The van der Waals surface area contributed by atoms with Gasteiger partial charge in [0.1, 0.15) is 11.3 Å². The molecule has 7 rings (SSSR count). The summed E-state index contributed by atoms with van der Waals surface area (Å²) >= 11 is 0. The van der Waals surface area contributed by atoms with E-state index in [9.17, 15) is 14.4 Å². The van der Waals surface area contributed by atoms with Crippen molar-refractivity contribution in [3.63, 3.8) is 0 Å². The molecule has 0 aliphatic rings. The number of aromatic nitrogens is 6. The molecule has 1 amide bonds. The number of nitrogens with two attached hydrogens (primary N) is 1. The third-order valence-corrected chi connectivity index (χ3v) is 8.02. The molecule has 7 aromatic rings. The van der Waals surface area contributed by atoms with E-state index in [0.29, 0.717) is 45.3 Å². The van der Waals surface area contributed by atoms with Crippen LogP contribution in [0.4, 0.5) is 5.82 Å². The maximum Gasteiger partial charge on any atom is 0.311 e. The SMILES string of the molecule is CC.CCC.COC(=O)Cc1cc(=O)n(-c2ccc(C(=O)NCc3ccc(-n4c(-c5cccnc5N)nc5ccc(-c6ccccc6)nc54)cc3)cc2)[nH]1. The van der Waals surface area contributed by atoms with Crippen molar-refractivity contribution in [1.82, 2.24) is 34.6 Å². The first kappa shape index (κ1) is 38.4. The zero-order chi connectivity index (χ0) is 38.6. The number of methoxy groups -OCH3 is 1. The Morgan fingerprint density at radius 3 is 2.20 bits per heavy atom. The molecule has 0 saturated carbocycles. The predicted octanol–water partition coefficient (Wildman–Crippen LogP) is 7.30. The van der Waals surface area contributed by atoms with Crippen LogP contribution in [0.15, 0.2) is 120 Å². The second-order valence-corrected chi connectivity index (χ2v) is 11.9. The lowest BCUT2D eigenvalue weighted by Gasteiger charge is -2.12. The number of hydrogen-bond donors (Lipinski definition) is 3. The topological polar surface area (TPSA) is 163 Å².